The molecule has 3 rings (SSSR count). The molecule has 2 aliphatic heterocycles. The van der Waals surface area contributed by atoms with Crippen molar-refractivity contribution in [2.45, 2.75) is 36.8 Å². The van der Waals surface area contributed by atoms with Gasteiger partial charge in [0.25, 0.3) is 0 Å². The van der Waals surface area contributed by atoms with Crippen LogP contribution in [0.4, 0.5) is 0 Å². The quantitative estimate of drug-likeness (QED) is 0.504. The summed E-state index contributed by atoms with van der Waals surface area (Å²) in [5.41, 5.74) is 0.376. The van der Waals surface area contributed by atoms with Gasteiger partial charge in [-0.3, -0.25) is 4.99 Å². The molecule has 2 atom stereocenters. The van der Waals surface area contributed by atoms with Crippen LogP contribution in [-0.4, -0.2) is 55.5 Å². The van der Waals surface area contributed by atoms with Crippen LogP contribution in [-0.2, 0) is 4.74 Å². The lowest BCUT2D eigenvalue weighted by molar-refractivity contribution is 0.156. The van der Waals surface area contributed by atoms with Gasteiger partial charge in [-0.1, -0.05) is 25.1 Å². The lowest BCUT2D eigenvalue weighted by Gasteiger charge is -2.25. The highest BCUT2D eigenvalue weighted by Crippen LogP contribution is 2.38. The van der Waals surface area contributed by atoms with Crippen molar-refractivity contribution in [2.75, 3.05) is 39.4 Å². The Balaban J connectivity index is 1.57. The van der Waals surface area contributed by atoms with E-state index in [4.69, 9.17) is 9.73 Å². The second-order valence-corrected chi connectivity index (χ2v) is 8.42. The zero-order valence-corrected chi connectivity index (χ0v) is 15.6. The van der Waals surface area contributed by atoms with Gasteiger partial charge in [0.15, 0.2) is 5.96 Å². The van der Waals surface area contributed by atoms with Gasteiger partial charge in [0, 0.05) is 41.8 Å². The molecule has 2 heterocycles. The van der Waals surface area contributed by atoms with E-state index >= 15 is 0 Å². The van der Waals surface area contributed by atoms with Crippen molar-refractivity contribution in [3.63, 3.8) is 0 Å². The summed E-state index contributed by atoms with van der Waals surface area (Å²) in [5.74, 6) is 1.07. The van der Waals surface area contributed by atoms with Crippen molar-refractivity contribution in [2.24, 2.45) is 10.4 Å². The van der Waals surface area contributed by atoms with Gasteiger partial charge < -0.3 is 15.0 Å². The number of aliphatic imine (C=N–C) groups is 1. The zero-order valence-electron chi connectivity index (χ0n) is 14.8. The molecule has 1 aromatic carbocycles. The first-order chi connectivity index (χ1) is 11.7. The first-order valence-corrected chi connectivity index (χ1v) is 9.91. The fourth-order valence-corrected chi connectivity index (χ4v) is 4.42. The van der Waals surface area contributed by atoms with E-state index in [-0.39, 0.29) is 0 Å². The third kappa shape index (κ3) is 4.45. The Hall–Kier alpha value is -1.20. The molecule has 2 saturated heterocycles. The van der Waals surface area contributed by atoms with Crippen molar-refractivity contribution in [3.8, 4) is 0 Å². The van der Waals surface area contributed by atoms with Crippen LogP contribution < -0.4 is 5.32 Å². The Kier molecular flexibility index (Phi) is 6.06. The minimum Gasteiger partial charge on any atom is -0.381 e. The van der Waals surface area contributed by atoms with E-state index in [1.54, 1.807) is 0 Å². The van der Waals surface area contributed by atoms with E-state index in [1.165, 1.54) is 17.7 Å². The summed E-state index contributed by atoms with van der Waals surface area (Å²) in [6.07, 6.45) is 2.43. The van der Waals surface area contributed by atoms with E-state index in [0.717, 1.165) is 45.4 Å². The number of benzene rings is 1. The highest BCUT2D eigenvalue weighted by molar-refractivity contribution is 8.00. The summed E-state index contributed by atoms with van der Waals surface area (Å²) in [4.78, 5) is 8.66. The van der Waals surface area contributed by atoms with E-state index in [2.05, 4.69) is 54.4 Å². The molecule has 4 nitrogen and oxygen atoms in total. The van der Waals surface area contributed by atoms with Gasteiger partial charge in [-0.25, -0.2) is 0 Å². The van der Waals surface area contributed by atoms with Crippen LogP contribution in [0.25, 0.3) is 0 Å². The van der Waals surface area contributed by atoms with Crippen molar-refractivity contribution < 1.29 is 4.74 Å². The van der Waals surface area contributed by atoms with Crippen LogP contribution >= 0.6 is 11.8 Å². The number of rotatable bonds is 5. The van der Waals surface area contributed by atoms with Crippen molar-refractivity contribution in [3.05, 3.63) is 30.3 Å². The fourth-order valence-electron chi connectivity index (χ4n) is 3.50. The van der Waals surface area contributed by atoms with Crippen LogP contribution in [0.5, 0.6) is 0 Å². The SMILES string of the molecule is CCNC(=NCC(C)Sc1ccccc1)N1CCC2(CCOC2)C1. The Morgan fingerprint density at radius 2 is 2.21 bits per heavy atom. The Morgan fingerprint density at radius 1 is 1.38 bits per heavy atom. The molecule has 1 N–H and O–H groups in total. The summed E-state index contributed by atoms with van der Waals surface area (Å²) in [5, 5.41) is 3.94. The number of hydrogen-bond acceptors (Lipinski definition) is 3. The molecule has 0 aromatic heterocycles. The molecule has 0 aliphatic carbocycles. The number of thioether (sulfide) groups is 1. The Morgan fingerprint density at radius 3 is 2.92 bits per heavy atom. The van der Waals surface area contributed by atoms with Gasteiger partial charge in [0.1, 0.15) is 0 Å². The van der Waals surface area contributed by atoms with Crippen molar-refractivity contribution >= 4 is 17.7 Å². The zero-order chi connectivity index (χ0) is 16.8. The average molecular weight is 348 g/mol. The third-order valence-corrected chi connectivity index (χ3v) is 5.93. The first kappa shape index (κ1) is 17.6. The summed E-state index contributed by atoms with van der Waals surface area (Å²) in [6, 6.07) is 10.6. The minimum atomic E-state index is 0.376. The van der Waals surface area contributed by atoms with Crippen LogP contribution in [0.2, 0.25) is 0 Å². The smallest absolute Gasteiger partial charge is 0.193 e. The molecular weight excluding hydrogens is 318 g/mol. The molecule has 1 aromatic rings. The second kappa shape index (κ2) is 8.26. The fraction of sp³-hybridized carbons (Fsp3) is 0.632. The van der Waals surface area contributed by atoms with Gasteiger partial charge in [0.2, 0.25) is 0 Å². The number of likely N-dealkylation sites (tertiary alicyclic amines) is 1. The monoisotopic (exact) mass is 347 g/mol. The molecule has 2 unspecified atom stereocenters. The summed E-state index contributed by atoms with van der Waals surface area (Å²) in [7, 11) is 0. The lowest BCUT2D eigenvalue weighted by Crippen LogP contribution is -2.41. The molecule has 1 spiro atoms. The van der Waals surface area contributed by atoms with E-state index in [1.807, 2.05) is 11.8 Å². The van der Waals surface area contributed by atoms with Gasteiger partial charge in [-0.05, 0) is 31.9 Å². The Bertz CT molecular complexity index is 543. The maximum absolute atomic E-state index is 5.64. The second-order valence-electron chi connectivity index (χ2n) is 6.91. The van der Waals surface area contributed by atoms with Gasteiger partial charge >= 0.3 is 0 Å². The van der Waals surface area contributed by atoms with Gasteiger partial charge in [-0.2, -0.15) is 0 Å². The van der Waals surface area contributed by atoms with Crippen LogP contribution in [0.15, 0.2) is 40.2 Å². The molecule has 0 amide bonds. The summed E-state index contributed by atoms with van der Waals surface area (Å²) >= 11 is 1.89. The molecule has 2 fully saturated rings. The molecular formula is C19H29N3OS. The number of nitrogens with one attached hydrogen (secondary N) is 1. The highest BCUT2D eigenvalue weighted by Gasteiger charge is 2.42. The maximum atomic E-state index is 5.64. The predicted molar refractivity (Wildman–Crippen MR) is 102 cm³/mol. The maximum Gasteiger partial charge on any atom is 0.193 e. The number of nitrogens with zero attached hydrogens (tertiary/aromatic N) is 2. The van der Waals surface area contributed by atoms with Crippen LogP contribution in [0.3, 0.4) is 0 Å². The first-order valence-electron chi connectivity index (χ1n) is 9.03. The van der Waals surface area contributed by atoms with E-state index in [9.17, 15) is 0 Å². The largest absolute Gasteiger partial charge is 0.381 e. The molecule has 132 valence electrons. The molecule has 0 saturated carbocycles. The highest BCUT2D eigenvalue weighted by atomic mass is 32.2. The average Bonchev–Trinajstić information content (AvgIpc) is 3.23. The Labute approximate surface area is 150 Å². The minimum absolute atomic E-state index is 0.376. The van der Waals surface area contributed by atoms with E-state index in [0.29, 0.717) is 10.7 Å². The van der Waals surface area contributed by atoms with Gasteiger partial charge in [-0.15, -0.1) is 11.8 Å². The third-order valence-electron chi connectivity index (χ3n) is 4.84. The van der Waals surface area contributed by atoms with Crippen LogP contribution in [0.1, 0.15) is 26.7 Å². The topological polar surface area (TPSA) is 36.9 Å². The normalized spacial score (nSPS) is 25.4. The molecule has 0 bridgehead atoms. The number of hydrogen-bond donors (Lipinski definition) is 1. The molecule has 24 heavy (non-hydrogen) atoms. The van der Waals surface area contributed by atoms with E-state index < -0.39 is 0 Å². The standard InChI is InChI=1S/C19H29N3OS/c1-3-20-18(22-11-9-19(14-22)10-12-23-15-19)21-13-16(2)24-17-7-5-4-6-8-17/h4-8,16H,3,9-15H2,1-2H3,(H,20,21). The van der Waals surface area contributed by atoms with Crippen molar-refractivity contribution in [1.29, 1.82) is 0 Å². The van der Waals surface area contributed by atoms with Crippen molar-refractivity contribution in [1.82, 2.24) is 10.2 Å². The summed E-state index contributed by atoms with van der Waals surface area (Å²) < 4.78 is 5.64. The van der Waals surface area contributed by atoms with Gasteiger partial charge in [0.05, 0.1) is 13.2 Å². The number of guanidine groups is 1. The molecule has 5 heteroatoms. The van der Waals surface area contributed by atoms with Crippen LogP contribution in [0, 0.1) is 5.41 Å². The molecule has 0 radical (unpaired) electrons. The summed E-state index contributed by atoms with van der Waals surface area (Å²) in [6.45, 7) is 10.2. The predicted octanol–water partition coefficient (Wildman–Crippen LogP) is 3.25. The lowest BCUT2D eigenvalue weighted by atomic mass is 9.87. The molecule has 2 aliphatic rings. The number of ether oxygens (including phenoxy) is 1.